The molecule has 2 aliphatic rings. The molecule has 0 radical (unpaired) electrons. The number of hydrogen-bond acceptors (Lipinski definition) is 6. The number of aromatic nitrogens is 2. The summed E-state index contributed by atoms with van der Waals surface area (Å²) in [6.45, 7) is 0. The Morgan fingerprint density at radius 3 is 2.61 bits per heavy atom. The van der Waals surface area contributed by atoms with E-state index in [9.17, 15) is 5.26 Å². The topological polar surface area (TPSA) is 106 Å². The lowest BCUT2D eigenvalue weighted by molar-refractivity contribution is 0.200. The molecule has 2 aromatic carbocycles. The molecule has 33 heavy (non-hydrogen) atoms. The average molecular weight is 463 g/mol. The molecule has 5 rings (SSSR count). The molecule has 0 amide bonds. The van der Waals surface area contributed by atoms with Crippen LogP contribution in [0.25, 0.3) is 11.3 Å². The summed E-state index contributed by atoms with van der Waals surface area (Å²) in [6, 6.07) is 15.3. The molecule has 1 aliphatic heterocycles. The number of fused-ring (bicyclic) bond motifs is 1. The van der Waals surface area contributed by atoms with E-state index in [0.29, 0.717) is 28.0 Å². The monoisotopic (exact) mass is 462 g/mol. The summed E-state index contributed by atoms with van der Waals surface area (Å²) < 4.78 is 17.5. The van der Waals surface area contributed by atoms with Crippen LogP contribution in [0, 0.1) is 11.3 Å². The Morgan fingerprint density at radius 2 is 1.91 bits per heavy atom. The van der Waals surface area contributed by atoms with Gasteiger partial charge in [0.05, 0.1) is 30.4 Å². The molecule has 3 N–H and O–H groups in total. The number of nitrogens with one attached hydrogen (secondary N) is 1. The molecule has 0 spiro atoms. The smallest absolute Gasteiger partial charge is 0.244 e. The molecule has 168 valence electrons. The lowest BCUT2D eigenvalue weighted by Crippen LogP contribution is -2.21. The quantitative estimate of drug-likeness (QED) is 0.534. The highest BCUT2D eigenvalue weighted by Crippen LogP contribution is 2.47. The van der Waals surface area contributed by atoms with Crippen molar-refractivity contribution in [2.75, 3.05) is 7.11 Å². The van der Waals surface area contributed by atoms with Crippen LogP contribution >= 0.6 is 11.6 Å². The van der Waals surface area contributed by atoms with Crippen molar-refractivity contribution in [1.82, 2.24) is 10.2 Å². The summed E-state index contributed by atoms with van der Waals surface area (Å²) in [7, 11) is 1.61. The van der Waals surface area contributed by atoms with E-state index in [1.165, 1.54) is 12.8 Å². The fourth-order valence-corrected chi connectivity index (χ4v) is 4.69. The SMILES string of the molecule is COc1cc([C@H]2C(C#N)=C(N)Oc3n[nH]c(-c4ccc(Cl)cc4)c32)ccc1OC1CCCC1. The molecule has 1 aliphatic carbocycles. The highest BCUT2D eigenvalue weighted by molar-refractivity contribution is 6.30. The van der Waals surface area contributed by atoms with Crippen molar-refractivity contribution in [3.05, 3.63) is 70.1 Å². The number of H-pyrrole nitrogens is 1. The lowest BCUT2D eigenvalue weighted by Gasteiger charge is -2.25. The number of nitrogens with zero attached hydrogens (tertiary/aromatic N) is 2. The molecule has 1 fully saturated rings. The number of aromatic amines is 1. The van der Waals surface area contributed by atoms with Crippen molar-refractivity contribution in [2.24, 2.45) is 5.73 Å². The third kappa shape index (κ3) is 3.87. The first-order valence-corrected chi connectivity index (χ1v) is 11.2. The standard InChI is InChI=1S/C25H23ClN4O3/c1-31-20-12-15(8-11-19(20)32-17-4-2-3-5-17)21-18(13-27)24(28)33-25-22(21)23(29-30-25)14-6-9-16(26)10-7-14/h6-12,17,21H,2-5,28H2,1H3,(H,29,30)/t21-/m0/s1. The Balaban J connectivity index is 1.60. The predicted molar refractivity (Wildman–Crippen MR) is 124 cm³/mol. The van der Waals surface area contributed by atoms with Gasteiger partial charge in [-0.15, -0.1) is 5.10 Å². The number of rotatable bonds is 5. The number of allylic oxidation sites excluding steroid dienone is 1. The second kappa shape index (κ2) is 8.72. The Kier molecular flexibility index (Phi) is 5.61. The van der Waals surface area contributed by atoms with Crippen LogP contribution in [0.5, 0.6) is 17.4 Å². The summed E-state index contributed by atoms with van der Waals surface area (Å²) >= 11 is 6.07. The van der Waals surface area contributed by atoms with Gasteiger partial charge in [0, 0.05) is 10.6 Å². The molecular weight excluding hydrogens is 440 g/mol. The zero-order chi connectivity index (χ0) is 22.9. The molecule has 0 bridgehead atoms. The van der Waals surface area contributed by atoms with Crippen molar-refractivity contribution in [2.45, 2.75) is 37.7 Å². The summed E-state index contributed by atoms with van der Waals surface area (Å²) in [5.74, 6) is 1.19. The molecule has 2 heterocycles. The highest BCUT2D eigenvalue weighted by atomic mass is 35.5. The fraction of sp³-hybridized carbons (Fsp3) is 0.280. The third-order valence-corrected chi connectivity index (χ3v) is 6.44. The van der Waals surface area contributed by atoms with Crippen LogP contribution in [0.1, 0.15) is 42.7 Å². The first kappa shape index (κ1) is 21.2. The first-order chi connectivity index (χ1) is 16.1. The van der Waals surface area contributed by atoms with E-state index in [2.05, 4.69) is 16.3 Å². The average Bonchev–Trinajstić information content (AvgIpc) is 3.49. The normalized spacial score (nSPS) is 17.9. The molecule has 1 saturated carbocycles. The predicted octanol–water partition coefficient (Wildman–Crippen LogP) is 5.28. The van der Waals surface area contributed by atoms with E-state index in [1.54, 1.807) is 19.2 Å². The number of nitrogens with two attached hydrogens (primary N) is 1. The number of halogens is 1. The van der Waals surface area contributed by atoms with Crippen molar-refractivity contribution < 1.29 is 14.2 Å². The van der Waals surface area contributed by atoms with Crippen molar-refractivity contribution >= 4 is 11.6 Å². The summed E-state index contributed by atoms with van der Waals surface area (Å²) in [5, 5.41) is 17.9. The third-order valence-electron chi connectivity index (χ3n) is 6.19. The molecule has 1 atom stereocenters. The van der Waals surface area contributed by atoms with E-state index in [4.69, 9.17) is 31.5 Å². The minimum absolute atomic E-state index is 0.0365. The number of hydrogen-bond donors (Lipinski definition) is 2. The van der Waals surface area contributed by atoms with E-state index >= 15 is 0 Å². The van der Waals surface area contributed by atoms with Gasteiger partial charge >= 0.3 is 0 Å². The van der Waals surface area contributed by atoms with Gasteiger partial charge in [-0.05, 0) is 55.5 Å². The molecular formula is C25H23ClN4O3. The number of benzene rings is 2. The van der Waals surface area contributed by atoms with Gasteiger partial charge in [0.2, 0.25) is 11.8 Å². The van der Waals surface area contributed by atoms with Crippen molar-refractivity contribution in [3.63, 3.8) is 0 Å². The maximum Gasteiger partial charge on any atom is 0.244 e. The summed E-state index contributed by atoms with van der Waals surface area (Å²) in [4.78, 5) is 0. The van der Waals surface area contributed by atoms with Crippen molar-refractivity contribution in [1.29, 1.82) is 5.26 Å². The molecule has 7 nitrogen and oxygen atoms in total. The second-order valence-electron chi connectivity index (χ2n) is 8.18. The fourth-order valence-electron chi connectivity index (χ4n) is 4.56. The Labute approximate surface area is 196 Å². The minimum Gasteiger partial charge on any atom is -0.493 e. The Bertz CT molecular complexity index is 1250. The first-order valence-electron chi connectivity index (χ1n) is 10.9. The van der Waals surface area contributed by atoms with Crippen LogP contribution in [-0.2, 0) is 0 Å². The maximum absolute atomic E-state index is 9.95. The number of ether oxygens (including phenoxy) is 3. The molecule has 0 unspecified atom stereocenters. The zero-order valence-corrected chi connectivity index (χ0v) is 18.9. The summed E-state index contributed by atoms with van der Waals surface area (Å²) in [6.07, 6.45) is 4.66. The van der Waals surface area contributed by atoms with Gasteiger partial charge in [0.15, 0.2) is 11.5 Å². The largest absolute Gasteiger partial charge is 0.493 e. The second-order valence-corrected chi connectivity index (χ2v) is 8.62. The molecule has 8 heteroatoms. The number of nitriles is 1. The maximum atomic E-state index is 9.95. The van der Waals surface area contributed by atoms with Gasteiger partial charge in [-0.3, -0.25) is 5.10 Å². The highest BCUT2D eigenvalue weighted by Gasteiger charge is 2.36. The van der Waals surface area contributed by atoms with E-state index < -0.39 is 5.92 Å². The Morgan fingerprint density at radius 1 is 1.15 bits per heavy atom. The molecule has 3 aromatic rings. The van der Waals surface area contributed by atoms with Gasteiger partial charge in [0.25, 0.3) is 0 Å². The van der Waals surface area contributed by atoms with Crippen LogP contribution in [0.3, 0.4) is 0 Å². The van der Waals surface area contributed by atoms with Crippen LogP contribution in [0.2, 0.25) is 5.02 Å². The van der Waals surface area contributed by atoms with Crippen LogP contribution in [-0.4, -0.2) is 23.4 Å². The molecule has 1 aromatic heterocycles. The van der Waals surface area contributed by atoms with Gasteiger partial charge < -0.3 is 19.9 Å². The lowest BCUT2D eigenvalue weighted by atomic mass is 9.83. The van der Waals surface area contributed by atoms with E-state index in [0.717, 1.165) is 35.2 Å². The van der Waals surface area contributed by atoms with Gasteiger partial charge in [-0.2, -0.15) is 5.26 Å². The van der Waals surface area contributed by atoms with Gasteiger partial charge in [-0.25, -0.2) is 0 Å². The van der Waals surface area contributed by atoms with Gasteiger partial charge in [0.1, 0.15) is 11.6 Å². The zero-order valence-electron chi connectivity index (χ0n) is 18.1. The number of methoxy groups -OCH3 is 1. The molecule has 0 saturated heterocycles. The van der Waals surface area contributed by atoms with Crippen molar-refractivity contribution in [3.8, 4) is 34.7 Å². The summed E-state index contributed by atoms with van der Waals surface area (Å²) in [5.41, 5.74) is 9.59. The van der Waals surface area contributed by atoms with Gasteiger partial charge in [-0.1, -0.05) is 29.8 Å². The van der Waals surface area contributed by atoms with Crippen LogP contribution in [0.4, 0.5) is 0 Å². The Hall–Kier alpha value is -3.63. The van der Waals surface area contributed by atoms with E-state index in [-0.39, 0.29) is 12.0 Å². The minimum atomic E-state index is -0.488. The van der Waals surface area contributed by atoms with E-state index in [1.807, 2.05) is 30.3 Å². The van der Waals surface area contributed by atoms with Crippen LogP contribution < -0.4 is 19.9 Å². The van der Waals surface area contributed by atoms with Crippen LogP contribution in [0.15, 0.2) is 53.9 Å².